The lowest BCUT2D eigenvalue weighted by molar-refractivity contribution is 0.318. The van der Waals surface area contributed by atoms with Crippen LogP contribution in [0.25, 0.3) is 0 Å². The Morgan fingerprint density at radius 1 is 1.30 bits per heavy atom. The first-order valence-electron chi connectivity index (χ1n) is 7.58. The lowest BCUT2D eigenvalue weighted by Gasteiger charge is -2.24. The Kier molecular flexibility index (Phi) is 7.84. The van der Waals surface area contributed by atoms with Gasteiger partial charge >= 0.3 is 0 Å². The fourth-order valence-corrected chi connectivity index (χ4v) is 3.68. The normalized spacial score (nSPS) is 14.4. The standard InChI is InChI=1S/C16H25BrClNO3S/c1-7-21-12-9-11(10(3)19-23(20)16(4,5)6)14(18)15(13(12)17)22-8-2/h9-10,19H,7-8H2,1-6H3/t10-,23+/m1/s1. The van der Waals surface area contributed by atoms with Gasteiger partial charge < -0.3 is 9.47 Å². The summed E-state index contributed by atoms with van der Waals surface area (Å²) in [7, 11) is -1.20. The number of hydrogen-bond donors (Lipinski definition) is 1. The number of hydrogen-bond acceptors (Lipinski definition) is 3. The maximum absolute atomic E-state index is 12.3. The first-order chi connectivity index (χ1) is 10.6. The predicted molar refractivity (Wildman–Crippen MR) is 101 cm³/mol. The summed E-state index contributed by atoms with van der Waals surface area (Å²) in [4.78, 5) is 0. The summed E-state index contributed by atoms with van der Waals surface area (Å²) in [6.45, 7) is 12.5. The molecule has 0 heterocycles. The molecule has 0 aliphatic rings. The van der Waals surface area contributed by atoms with Crippen LogP contribution >= 0.6 is 27.5 Å². The van der Waals surface area contributed by atoms with Crippen molar-refractivity contribution in [3.63, 3.8) is 0 Å². The highest BCUT2D eigenvalue weighted by Gasteiger charge is 2.25. The average molecular weight is 427 g/mol. The molecular formula is C16H25BrClNO3S. The van der Waals surface area contributed by atoms with E-state index in [0.717, 1.165) is 5.56 Å². The summed E-state index contributed by atoms with van der Waals surface area (Å²) in [6, 6.07) is 1.64. The Labute approximate surface area is 155 Å². The van der Waals surface area contributed by atoms with Crippen molar-refractivity contribution in [2.24, 2.45) is 0 Å². The number of benzene rings is 1. The first-order valence-corrected chi connectivity index (χ1v) is 9.91. The minimum atomic E-state index is -1.20. The van der Waals surface area contributed by atoms with Crippen LogP contribution in [0.5, 0.6) is 11.5 Å². The van der Waals surface area contributed by atoms with Crippen LogP contribution in [0.15, 0.2) is 10.5 Å². The van der Waals surface area contributed by atoms with Gasteiger partial charge in [-0.1, -0.05) is 11.6 Å². The van der Waals surface area contributed by atoms with Crippen LogP contribution in [0.1, 0.15) is 53.1 Å². The molecule has 0 saturated heterocycles. The van der Waals surface area contributed by atoms with E-state index in [-0.39, 0.29) is 10.8 Å². The lowest BCUT2D eigenvalue weighted by Crippen LogP contribution is -2.34. The molecule has 132 valence electrons. The van der Waals surface area contributed by atoms with Crippen molar-refractivity contribution in [1.29, 1.82) is 0 Å². The van der Waals surface area contributed by atoms with Crippen molar-refractivity contribution in [3.8, 4) is 11.5 Å². The topological polar surface area (TPSA) is 47.6 Å². The number of ether oxygens (including phenoxy) is 2. The van der Waals surface area contributed by atoms with E-state index in [0.29, 0.717) is 34.2 Å². The molecule has 1 aromatic carbocycles. The highest BCUT2D eigenvalue weighted by atomic mass is 79.9. The number of halogens is 2. The molecule has 1 rings (SSSR count). The molecule has 0 bridgehead atoms. The van der Waals surface area contributed by atoms with Crippen molar-refractivity contribution in [2.75, 3.05) is 13.2 Å². The number of rotatable bonds is 7. The summed E-state index contributed by atoms with van der Waals surface area (Å²) < 4.78 is 27.1. The van der Waals surface area contributed by atoms with Crippen LogP contribution < -0.4 is 14.2 Å². The van der Waals surface area contributed by atoms with Gasteiger partial charge in [0.2, 0.25) is 0 Å². The van der Waals surface area contributed by atoms with Gasteiger partial charge in [0, 0.05) is 6.04 Å². The average Bonchev–Trinajstić information content (AvgIpc) is 2.45. The second-order valence-corrected chi connectivity index (χ2v) is 9.18. The molecular weight excluding hydrogens is 402 g/mol. The molecule has 0 aromatic heterocycles. The zero-order valence-electron chi connectivity index (χ0n) is 14.5. The fourth-order valence-electron chi connectivity index (χ4n) is 1.85. The van der Waals surface area contributed by atoms with E-state index >= 15 is 0 Å². The van der Waals surface area contributed by atoms with Gasteiger partial charge in [-0.3, -0.25) is 0 Å². The summed E-state index contributed by atoms with van der Waals surface area (Å²) in [5.41, 5.74) is 0.791. The fraction of sp³-hybridized carbons (Fsp3) is 0.625. The minimum absolute atomic E-state index is 0.214. The van der Waals surface area contributed by atoms with Crippen molar-refractivity contribution in [3.05, 3.63) is 21.1 Å². The summed E-state index contributed by atoms with van der Waals surface area (Å²) in [5.74, 6) is 1.20. The molecule has 0 aliphatic heterocycles. The van der Waals surface area contributed by atoms with Crippen LogP contribution in [-0.2, 0) is 11.0 Å². The van der Waals surface area contributed by atoms with Gasteiger partial charge in [-0.15, -0.1) is 0 Å². The van der Waals surface area contributed by atoms with Crippen LogP contribution in [0.3, 0.4) is 0 Å². The molecule has 1 N–H and O–H groups in total. The summed E-state index contributed by atoms with van der Waals surface area (Å²) in [5, 5.41) is 0.494. The molecule has 0 radical (unpaired) electrons. The molecule has 0 saturated carbocycles. The highest BCUT2D eigenvalue weighted by Crippen LogP contribution is 2.44. The second-order valence-electron chi connectivity index (χ2n) is 6.01. The first kappa shape index (κ1) is 20.7. The highest BCUT2D eigenvalue weighted by molar-refractivity contribution is 9.10. The maximum Gasteiger partial charge on any atom is 0.156 e. The molecule has 4 nitrogen and oxygen atoms in total. The molecule has 23 heavy (non-hydrogen) atoms. The van der Waals surface area contributed by atoms with E-state index < -0.39 is 11.0 Å². The minimum Gasteiger partial charge on any atom is -0.493 e. The Morgan fingerprint density at radius 2 is 1.87 bits per heavy atom. The van der Waals surface area contributed by atoms with E-state index in [1.165, 1.54) is 0 Å². The van der Waals surface area contributed by atoms with Gasteiger partial charge in [0.25, 0.3) is 0 Å². The number of nitrogens with one attached hydrogen (secondary N) is 1. The molecule has 0 fully saturated rings. The quantitative estimate of drug-likeness (QED) is 0.666. The molecule has 2 atom stereocenters. The Hall–Kier alpha value is -0.300. The maximum atomic E-state index is 12.3. The van der Waals surface area contributed by atoms with E-state index in [9.17, 15) is 4.21 Å². The van der Waals surface area contributed by atoms with E-state index in [1.807, 2.05) is 47.6 Å². The molecule has 0 spiro atoms. The van der Waals surface area contributed by atoms with Crippen LogP contribution in [0.4, 0.5) is 0 Å². The SMILES string of the molecule is CCOc1cc([C@@H](C)N[S@@](=O)C(C)(C)C)c(Cl)c(OCC)c1Br. The van der Waals surface area contributed by atoms with Crippen LogP contribution in [0.2, 0.25) is 5.02 Å². The van der Waals surface area contributed by atoms with Crippen molar-refractivity contribution >= 4 is 38.5 Å². The van der Waals surface area contributed by atoms with E-state index in [1.54, 1.807) is 0 Å². The molecule has 1 aromatic rings. The Bertz CT molecular complexity index is 575. The van der Waals surface area contributed by atoms with Crippen molar-refractivity contribution < 1.29 is 13.7 Å². The van der Waals surface area contributed by atoms with Gasteiger partial charge in [0.15, 0.2) is 5.75 Å². The molecule has 0 unspecified atom stereocenters. The van der Waals surface area contributed by atoms with Gasteiger partial charge in [0.1, 0.15) is 10.2 Å². The van der Waals surface area contributed by atoms with Gasteiger partial charge in [-0.25, -0.2) is 8.93 Å². The summed E-state index contributed by atoms with van der Waals surface area (Å²) >= 11 is 9.99. The zero-order chi connectivity index (χ0) is 17.8. The summed E-state index contributed by atoms with van der Waals surface area (Å²) in [6.07, 6.45) is 0. The lowest BCUT2D eigenvalue weighted by atomic mass is 10.1. The zero-order valence-corrected chi connectivity index (χ0v) is 17.6. The second kappa shape index (κ2) is 8.70. The van der Waals surface area contributed by atoms with Crippen LogP contribution in [0, 0.1) is 0 Å². The van der Waals surface area contributed by atoms with Crippen molar-refractivity contribution in [2.45, 2.75) is 52.3 Å². The largest absolute Gasteiger partial charge is 0.493 e. The van der Waals surface area contributed by atoms with E-state index in [4.69, 9.17) is 21.1 Å². The third-order valence-electron chi connectivity index (χ3n) is 3.05. The Balaban J connectivity index is 3.26. The molecule has 0 amide bonds. The monoisotopic (exact) mass is 425 g/mol. The van der Waals surface area contributed by atoms with Crippen LogP contribution in [-0.4, -0.2) is 22.2 Å². The molecule has 7 heteroatoms. The van der Waals surface area contributed by atoms with Gasteiger partial charge in [-0.05, 0) is 69.1 Å². The van der Waals surface area contributed by atoms with Gasteiger partial charge in [0.05, 0.1) is 34.0 Å². The molecule has 0 aliphatic carbocycles. The van der Waals surface area contributed by atoms with E-state index in [2.05, 4.69) is 20.7 Å². The third kappa shape index (κ3) is 5.34. The third-order valence-corrected chi connectivity index (χ3v) is 5.87. The smallest absolute Gasteiger partial charge is 0.156 e. The van der Waals surface area contributed by atoms with Gasteiger partial charge in [-0.2, -0.15) is 0 Å². The predicted octanol–water partition coefficient (Wildman–Crippen LogP) is 5.01. The Morgan fingerprint density at radius 3 is 2.35 bits per heavy atom. The van der Waals surface area contributed by atoms with Crippen molar-refractivity contribution in [1.82, 2.24) is 4.72 Å².